The number of amides is 2. The van der Waals surface area contributed by atoms with Gasteiger partial charge in [-0.15, -0.1) is 0 Å². The molecular weight excluding hydrogens is 477 g/mol. The maximum atomic E-state index is 13.3. The number of ether oxygens (including phenoxy) is 2. The van der Waals surface area contributed by atoms with Crippen molar-refractivity contribution in [1.82, 2.24) is 10.6 Å². The number of methoxy groups -OCH3 is 2. The molecule has 0 unspecified atom stereocenters. The lowest BCUT2D eigenvalue weighted by Gasteiger charge is -2.28. The summed E-state index contributed by atoms with van der Waals surface area (Å²) in [6.07, 6.45) is -0.379. The molecule has 0 spiro atoms. The first-order valence-corrected chi connectivity index (χ1v) is 10.8. The molecule has 36 heavy (non-hydrogen) atoms. The van der Waals surface area contributed by atoms with Gasteiger partial charge in [0.25, 0.3) is 5.69 Å². The fourth-order valence-corrected chi connectivity index (χ4v) is 3.55. The summed E-state index contributed by atoms with van der Waals surface area (Å²) in [5, 5.41) is 16.0. The molecule has 2 N–H and O–H groups in total. The fraction of sp³-hybridized carbons (Fsp3) is 0.333. The Morgan fingerprint density at radius 3 is 2.08 bits per heavy atom. The summed E-state index contributed by atoms with van der Waals surface area (Å²) in [5.41, 5.74) is 0.664. The van der Waals surface area contributed by atoms with Crippen molar-refractivity contribution in [3.63, 3.8) is 0 Å². The van der Waals surface area contributed by atoms with E-state index in [1.807, 2.05) is 0 Å². The van der Waals surface area contributed by atoms with Crippen LogP contribution in [0, 0.1) is 15.9 Å². The number of nitro groups is 1. The van der Waals surface area contributed by atoms with Crippen molar-refractivity contribution in [2.45, 2.75) is 37.8 Å². The van der Waals surface area contributed by atoms with Gasteiger partial charge in [-0.2, -0.15) is 0 Å². The molecule has 0 aliphatic rings. The number of carbonyl (C=O) groups is 4. The van der Waals surface area contributed by atoms with Gasteiger partial charge in [0.05, 0.1) is 25.6 Å². The summed E-state index contributed by atoms with van der Waals surface area (Å²) >= 11 is 0. The van der Waals surface area contributed by atoms with Crippen LogP contribution in [0.4, 0.5) is 10.1 Å². The Morgan fingerprint density at radius 1 is 0.972 bits per heavy atom. The van der Waals surface area contributed by atoms with Gasteiger partial charge >= 0.3 is 11.9 Å². The van der Waals surface area contributed by atoms with Gasteiger partial charge < -0.3 is 20.1 Å². The Balaban J connectivity index is 2.40. The van der Waals surface area contributed by atoms with Crippen LogP contribution < -0.4 is 10.6 Å². The molecule has 2 aromatic rings. The monoisotopic (exact) mass is 503 g/mol. The van der Waals surface area contributed by atoms with Crippen molar-refractivity contribution in [3.05, 3.63) is 75.6 Å². The van der Waals surface area contributed by atoms with Crippen LogP contribution in [0.2, 0.25) is 0 Å². The minimum atomic E-state index is -1.41. The van der Waals surface area contributed by atoms with Crippen molar-refractivity contribution in [3.8, 4) is 0 Å². The molecular formula is C24H26FN3O8. The van der Waals surface area contributed by atoms with Gasteiger partial charge in [-0.3, -0.25) is 24.5 Å². The van der Waals surface area contributed by atoms with Crippen molar-refractivity contribution in [2.75, 3.05) is 14.2 Å². The average molecular weight is 503 g/mol. The summed E-state index contributed by atoms with van der Waals surface area (Å²) < 4.78 is 22.8. The number of non-ortho nitro benzene ring substituents is 1. The van der Waals surface area contributed by atoms with E-state index in [4.69, 9.17) is 9.47 Å². The molecule has 0 radical (unpaired) electrons. The molecule has 0 bridgehead atoms. The van der Waals surface area contributed by atoms with E-state index in [2.05, 4.69) is 10.6 Å². The number of hydrogen-bond donors (Lipinski definition) is 2. The van der Waals surface area contributed by atoms with Crippen LogP contribution in [0.15, 0.2) is 48.5 Å². The molecule has 0 fully saturated rings. The molecule has 12 heteroatoms. The molecule has 0 heterocycles. The summed E-state index contributed by atoms with van der Waals surface area (Å²) in [6, 6.07) is 7.87. The number of nitrogens with one attached hydrogen (secondary N) is 2. The van der Waals surface area contributed by atoms with Gasteiger partial charge in [-0.25, -0.2) is 9.18 Å². The summed E-state index contributed by atoms with van der Waals surface area (Å²) in [6.45, 7) is 1.21. The van der Waals surface area contributed by atoms with E-state index in [-0.39, 0.29) is 18.5 Å². The molecule has 192 valence electrons. The van der Waals surface area contributed by atoms with Gasteiger partial charge in [0.2, 0.25) is 11.8 Å². The van der Waals surface area contributed by atoms with E-state index in [0.29, 0.717) is 11.1 Å². The third-order valence-corrected chi connectivity index (χ3v) is 5.35. The van der Waals surface area contributed by atoms with Crippen LogP contribution in [0.5, 0.6) is 0 Å². The number of benzene rings is 2. The minimum Gasteiger partial charge on any atom is -0.469 e. The minimum absolute atomic E-state index is 0.0151. The number of nitro benzene ring substituents is 1. The van der Waals surface area contributed by atoms with Gasteiger partial charge in [0, 0.05) is 31.4 Å². The molecule has 0 saturated carbocycles. The van der Waals surface area contributed by atoms with Gasteiger partial charge in [-0.1, -0.05) is 24.3 Å². The molecule has 0 aliphatic carbocycles. The largest absolute Gasteiger partial charge is 0.469 e. The smallest absolute Gasteiger partial charge is 0.329 e. The fourth-order valence-electron chi connectivity index (χ4n) is 3.55. The second-order valence-corrected chi connectivity index (χ2v) is 7.83. The number of esters is 2. The lowest BCUT2D eigenvalue weighted by molar-refractivity contribution is -0.384. The third-order valence-electron chi connectivity index (χ3n) is 5.35. The molecule has 0 saturated heterocycles. The first-order chi connectivity index (χ1) is 17.0. The van der Waals surface area contributed by atoms with E-state index in [9.17, 15) is 33.7 Å². The summed E-state index contributed by atoms with van der Waals surface area (Å²) in [4.78, 5) is 60.2. The van der Waals surface area contributed by atoms with Crippen molar-refractivity contribution in [2.24, 2.45) is 0 Å². The van der Waals surface area contributed by atoms with Crippen LogP contribution in [-0.2, 0) is 35.1 Å². The highest BCUT2D eigenvalue weighted by molar-refractivity contribution is 5.91. The summed E-state index contributed by atoms with van der Waals surface area (Å²) in [7, 11) is 2.24. The molecule has 0 aromatic heterocycles. The van der Waals surface area contributed by atoms with E-state index in [1.54, 1.807) is 0 Å². The van der Waals surface area contributed by atoms with E-state index < -0.39 is 52.5 Å². The second-order valence-electron chi connectivity index (χ2n) is 7.83. The highest BCUT2D eigenvalue weighted by Crippen LogP contribution is 2.27. The zero-order valence-electron chi connectivity index (χ0n) is 19.9. The van der Waals surface area contributed by atoms with Gasteiger partial charge in [0.1, 0.15) is 17.9 Å². The lowest BCUT2D eigenvalue weighted by atomic mass is 9.87. The molecule has 2 aromatic carbocycles. The Hall–Kier alpha value is -4.35. The third kappa shape index (κ3) is 7.86. The maximum absolute atomic E-state index is 13.3. The molecule has 3 atom stereocenters. The zero-order chi connectivity index (χ0) is 26.8. The van der Waals surface area contributed by atoms with Crippen LogP contribution in [0.25, 0.3) is 0 Å². The van der Waals surface area contributed by atoms with E-state index in [0.717, 1.165) is 14.2 Å². The molecule has 0 aliphatic heterocycles. The number of carbonyl (C=O) groups excluding carboxylic acids is 4. The highest BCUT2D eigenvalue weighted by Gasteiger charge is 2.36. The Bertz CT molecular complexity index is 1110. The number of halogens is 1. The Labute approximate surface area is 206 Å². The lowest BCUT2D eigenvalue weighted by Crippen LogP contribution is -2.54. The predicted octanol–water partition coefficient (Wildman–Crippen LogP) is 1.79. The van der Waals surface area contributed by atoms with E-state index in [1.165, 1.54) is 55.5 Å². The average Bonchev–Trinajstić information content (AvgIpc) is 2.86. The van der Waals surface area contributed by atoms with Crippen LogP contribution >= 0.6 is 0 Å². The van der Waals surface area contributed by atoms with Gasteiger partial charge in [0.15, 0.2) is 0 Å². The van der Waals surface area contributed by atoms with Crippen molar-refractivity contribution in [1.29, 1.82) is 0 Å². The SMILES string of the molecule is COC(=O)C[C@H](c1ccc([N+](=O)[O-])cc1)[C@H](NC(=O)[C@@H](Cc1ccc(F)cc1)NC(C)=O)C(=O)OC. The molecule has 2 amide bonds. The normalized spacial score (nSPS) is 13.0. The summed E-state index contributed by atoms with van der Waals surface area (Å²) in [5.74, 6) is -4.36. The Morgan fingerprint density at radius 2 is 1.58 bits per heavy atom. The standard InChI is InChI=1S/C24H26FN3O8/c1-14(29)26-20(12-15-4-8-17(25)9-5-15)23(31)27-22(24(32)36-3)19(13-21(30)35-2)16-6-10-18(11-7-16)28(33)34/h4-11,19-20,22H,12-13H2,1-3H3,(H,26,29)(H,27,31)/t19-,20-,22+/m1/s1. The zero-order valence-corrected chi connectivity index (χ0v) is 19.9. The van der Waals surface area contributed by atoms with Crippen molar-refractivity contribution >= 4 is 29.4 Å². The van der Waals surface area contributed by atoms with E-state index >= 15 is 0 Å². The maximum Gasteiger partial charge on any atom is 0.329 e. The quantitative estimate of drug-likeness (QED) is 0.267. The topological polar surface area (TPSA) is 154 Å². The molecule has 11 nitrogen and oxygen atoms in total. The van der Waals surface area contributed by atoms with Crippen LogP contribution in [0.1, 0.15) is 30.4 Å². The predicted molar refractivity (Wildman–Crippen MR) is 124 cm³/mol. The number of rotatable bonds is 11. The molecule has 2 rings (SSSR count). The van der Waals surface area contributed by atoms with Crippen LogP contribution in [-0.4, -0.2) is 55.0 Å². The number of hydrogen-bond acceptors (Lipinski definition) is 8. The van der Waals surface area contributed by atoms with Crippen LogP contribution in [0.3, 0.4) is 0 Å². The Kier molecular flexibility index (Phi) is 10.0. The number of nitrogens with zero attached hydrogens (tertiary/aromatic N) is 1. The second kappa shape index (κ2) is 12.9. The van der Waals surface area contributed by atoms with Gasteiger partial charge in [-0.05, 0) is 23.3 Å². The highest BCUT2D eigenvalue weighted by atomic mass is 19.1. The first-order valence-electron chi connectivity index (χ1n) is 10.8. The first kappa shape index (κ1) is 27.9. The van der Waals surface area contributed by atoms with Crippen molar-refractivity contribution < 1.29 is 38.0 Å².